The minimum atomic E-state index is -1.02. The van der Waals surface area contributed by atoms with E-state index in [-0.39, 0.29) is 29.9 Å². The molecule has 0 radical (unpaired) electrons. The molecule has 56 heavy (non-hydrogen) atoms. The van der Waals surface area contributed by atoms with Crippen molar-refractivity contribution in [2.24, 2.45) is 0 Å². The second-order valence-electron chi connectivity index (χ2n) is 13.7. The highest BCUT2D eigenvalue weighted by atomic mass is 32.1. The standard InChI is InChI=1S/C40H42N6O9S/c1-25-24-27(10-13-30(25)41-4)44-38(51)40(2,3)46(39(44)56)26-8-11-28(12-9-26)55-23-22-54-21-20-53-19-18-52-17-16-42-31-7-5-6-29-34(31)37(50)45(36(29)49)32-14-15-33(47)43-35(32)48/h5-13,24,32,42H,14-23H2,1-3H3,(H,43,47,48). The number of nitrogens with zero attached hydrogens (tertiary/aromatic N) is 4. The highest BCUT2D eigenvalue weighted by Gasteiger charge is 2.50. The number of hydrogen-bond donors (Lipinski definition) is 2. The summed E-state index contributed by atoms with van der Waals surface area (Å²) in [5.74, 6) is -1.72. The van der Waals surface area contributed by atoms with Crippen molar-refractivity contribution in [3.8, 4) is 5.75 Å². The third kappa shape index (κ3) is 8.26. The van der Waals surface area contributed by atoms with Gasteiger partial charge in [-0.05, 0) is 93.5 Å². The molecule has 15 nitrogen and oxygen atoms in total. The van der Waals surface area contributed by atoms with Gasteiger partial charge in [0.05, 0.1) is 57.3 Å². The summed E-state index contributed by atoms with van der Waals surface area (Å²) in [5.41, 5.74) is 2.62. The van der Waals surface area contributed by atoms with E-state index in [2.05, 4.69) is 15.5 Å². The minimum absolute atomic E-state index is 0.0562. The lowest BCUT2D eigenvalue weighted by Crippen LogP contribution is -2.54. The van der Waals surface area contributed by atoms with Gasteiger partial charge < -0.3 is 29.2 Å². The van der Waals surface area contributed by atoms with E-state index in [1.165, 1.54) is 4.90 Å². The van der Waals surface area contributed by atoms with Crippen LogP contribution < -0.4 is 25.2 Å². The fourth-order valence-electron chi connectivity index (χ4n) is 6.73. The summed E-state index contributed by atoms with van der Waals surface area (Å²) in [6, 6.07) is 16.5. The van der Waals surface area contributed by atoms with Gasteiger partial charge in [-0.25, -0.2) is 4.85 Å². The van der Waals surface area contributed by atoms with Gasteiger partial charge in [0.2, 0.25) is 11.8 Å². The normalized spacial score (nSPS) is 17.7. The molecule has 0 spiro atoms. The number of piperidine rings is 1. The first kappa shape index (κ1) is 39.9. The number of fused-ring (bicyclic) bond motifs is 1. The Kier molecular flexibility index (Phi) is 12.4. The molecule has 0 saturated carbocycles. The largest absolute Gasteiger partial charge is 0.491 e. The third-order valence-electron chi connectivity index (χ3n) is 9.59. The number of imide groups is 2. The average molecular weight is 783 g/mol. The maximum atomic E-state index is 13.5. The molecule has 0 aromatic heterocycles. The number of carbonyl (C=O) groups excluding carboxylic acids is 5. The van der Waals surface area contributed by atoms with Crippen LogP contribution >= 0.6 is 12.2 Å². The zero-order chi connectivity index (χ0) is 40.0. The Morgan fingerprint density at radius 3 is 2.20 bits per heavy atom. The Labute approximate surface area is 329 Å². The molecule has 1 unspecified atom stereocenters. The molecule has 3 aromatic rings. The molecule has 2 saturated heterocycles. The molecule has 0 bridgehead atoms. The predicted molar refractivity (Wildman–Crippen MR) is 210 cm³/mol. The number of nitrogens with one attached hydrogen (secondary N) is 2. The summed E-state index contributed by atoms with van der Waals surface area (Å²) < 4.78 is 22.6. The highest BCUT2D eigenvalue weighted by Crippen LogP contribution is 2.38. The molecule has 3 aliphatic rings. The Bertz CT molecular complexity index is 2080. The average Bonchev–Trinajstić information content (AvgIpc) is 3.53. The van der Waals surface area contributed by atoms with Crippen LogP contribution in [0, 0.1) is 13.5 Å². The second kappa shape index (κ2) is 17.4. The lowest BCUT2D eigenvalue weighted by atomic mass is 10.0. The number of thiocarbonyl (C=S) groups is 1. The summed E-state index contributed by atoms with van der Waals surface area (Å²) in [5, 5.41) is 5.69. The number of hydrogen-bond acceptors (Lipinski definition) is 11. The van der Waals surface area contributed by atoms with Gasteiger partial charge in [-0.15, -0.1) is 0 Å². The van der Waals surface area contributed by atoms with Crippen molar-refractivity contribution in [3.63, 3.8) is 0 Å². The first-order chi connectivity index (χ1) is 26.9. The van der Waals surface area contributed by atoms with Crippen molar-refractivity contribution < 1.29 is 42.9 Å². The zero-order valence-corrected chi connectivity index (χ0v) is 32.1. The van der Waals surface area contributed by atoms with Gasteiger partial charge in [-0.2, -0.15) is 0 Å². The van der Waals surface area contributed by atoms with Crippen LogP contribution in [0.2, 0.25) is 0 Å². The molecule has 16 heteroatoms. The number of carbonyl (C=O) groups is 5. The lowest BCUT2D eigenvalue weighted by Gasteiger charge is -2.29. The summed E-state index contributed by atoms with van der Waals surface area (Å²) >= 11 is 5.78. The van der Waals surface area contributed by atoms with E-state index in [9.17, 15) is 24.0 Å². The number of ether oxygens (including phenoxy) is 4. The number of amides is 5. The van der Waals surface area contributed by atoms with E-state index >= 15 is 0 Å². The lowest BCUT2D eigenvalue weighted by molar-refractivity contribution is -0.136. The van der Waals surface area contributed by atoms with Crippen LogP contribution in [-0.4, -0.2) is 104 Å². The Hall–Kier alpha value is -5.73. The quantitative estimate of drug-likeness (QED) is 0.0862. The summed E-state index contributed by atoms with van der Waals surface area (Å²) in [4.78, 5) is 71.3. The van der Waals surface area contributed by atoms with Crippen molar-refractivity contribution >= 4 is 69.6 Å². The van der Waals surface area contributed by atoms with E-state index < -0.39 is 35.2 Å². The minimum Gasteiger partial charge on any atom is -0.491 e. The molecule has 0 aliphatic carbocycles. The highest BCUT2D eigenvalue weighted by molar-refractivity contribution is 7.81. The third-order valence-corrected chi connectivity index (χ3v) is 9.96. The van der Waals surface area contributed by atoms with Crippen molar-refractivity contribution in [1.29, 1.82) is 0 Å². The van der Waals surface area contributed by atoms with Crippen molar-refractivity contribution in [2.75, 3.05) is 67.9 Å². The number of rotatable bonds is 17. The van der Waals surface area contributed by atoms with Crippen LogP contribution in [0.5, 0.6) is 5.75 Å². The summed E-state index contributed by atoms with van der Waals surface area (Å²) in [6.07, 6.45) is 0.150. The zero-order valence-electron chi connectivity index (χ0n) is 31.3. The monoisotopic (exact) mass is 782 g/mol. The van der Waals surface area contributed by atoms with Crippen LogP contribution in [0.4, 0.5) is 22.7 Å². The van der Waals surface area contributed by atoms with Gasteiger partial charge in [0.25, 0.3) is 17.7 Å². The smallest absolute Gasteiger partial charge is 0.264 e. The van der Waals surface area contributed by atoms with Crippen LogP contribution in [0.1, 0.15) is 53.0 Å². The van der Waals surface area contributed by atoms with Gasteiger partial charge >= 0.3 is 0 Å². The Morgan fingerprint density at radius 1 is 0.875 bits per heavy atom. The number of anilines is 3. The van der Waals surface area contributed by atoms with E-state index in [0.717, 1.165) is 16.2 Å². The fraction of sp³-hybridized carbons (Fsp3) is 0.375. The molecule has 6 rings (SSSR count). The fourth-order valence-corrected chi connectivity index (χ4v) is 7.25. The van der Waals surface area contributed by atoms with Crippen molar-refractivity contribution in [1.82, 2.24) is 10.2 Å². The maximum absolute atomic E-state index is 13.5. The molecule has 292 valence electrons. The van der Waals surface area contributed by atoms with E-state index in [0.29, 0.717) is 80.7 Å². The van der Waals surface area contributed by atoms with Crippen LogP contribution in [0.3, 0.4) is 0 Å². The van der Waals surface area contributed by atoms with Gasteiger partial charge in [-0.1, -0.05) is 12.1 Å². The van der Waals surface area contributed by atoms with Crippen LogP contribution in [-0.2, 0) is 28.6 Å². The number of aryl methyl sites for hydroxylation is 1. The topological polar surface area (TPSA) is 160 Å². The van der Waals surface area contributed by atoms with E-state index in [1.807, 2.05) is 49.9 Å². The Morgan fingerprint density at radius 2 is 1.54 bits per heavy atom. The van der Waals surface area contributed by atoms with Crippen LogP contribution in [0.25, 0.3) is 4.85 Å². The molecule has 3 heterocycles. The maximum Gasteiger partial charge on any atom is 0.264 e. The molecule has 5 amide bonds. The van der Waals surface area contributed by atoms with Gasteiger partial charge in [0, 0.05) is 30.0 Å². The first-order valence-corrected chi connectivity index (χ1v) is 18.6. The predicted octanol–water partition coefficient (Wildman–Crippen LogP) is 4.40. The summed E-state index contributed by atoms with van der Waals surface area (Å²) in [7, 11) is 0. The van der Waals surface area contributed by atoms with Crippen molar-refractivity contribution in [2.45, 2.75) is 45.2 Å². The van der Waals surface area contributed by atoms with Gasteiger partial charge in [-0.3, -0.25) is 39.1 Å². The molecule has 1 atom stereocenters. The Balaban J connectivity index is 0.841. The molecular formula is C40H42N6O9S. The SMILES string of the molecule is [C-]#[N+]c1ccc(N2C(=O)C(C)(C)N(c3ccc(OCCOCCOCCOCCNc4cccc5c4C(=O)N(C4CCC(=O)NC4=O)C5=O)cc3)C2=S)cc1C. The molecule has 3 aliphatic heterocycles. The molecule has 2 N–H and O–H groups in total. The van der Waals surface area contributed by atoms with Gasteiger partial charge in [0.1, 0.15) is 23.9 Å². The molecule has 3 aromatic carbocycles. The second-order valence-corrected chi connectivity index (χ2v) is 14.0. The van der Waals surface area contributed by atoms with Gasteiger partial charge in [0.15, 0.2) is 10.8 Å². The molecular weight excluding hydrogens is 741 g/mol. The number of benzene rings is 3. The van der Waals surface area contributed by atoms with E-state index in [4.69, 9.17) is 37.7 Å². The van der Waals surface area contributed by atoms with E-state index in [1.54, 1.807) is 36.4 Å². The van der Waals surface area contributed by atoms with Crippen molar-refractivity contribution in [3.05, 3.63) is 88.8 Å². The molecule has 2 fully saturated rings. The van der Waals surface area contributed by atoms with Crippen LogP contribution in [0.15, 0.2) is 60.7 Å². The summed E-state index contributed by atoms with van der Waals surface area (Å²) in [6.45, 7) is 15.6. The first-order valence-electron chi connectivity index (χ1n) is 18.2.